The van der Waals surface area contributed by atoms with Crippen molar-refractivity contribution in [2.45, 2.75) is 40.0 Å². The van der Waals surface area contributed by atoms with Gasteiger partial charge < -0.3 is 0 Å². The maximum absolute atomic E-state index is 7.78. The highest BCUT2D eigenvalue weighted by atomic mass is 14.9. The molecule has 1 aromatic heterocycles. The van der Waals surface area contributed by atoms with E-state index in [2.05, 4.69) is 69.8 Å². The number of hydrogen-bond acceptors (Lipinski definition) is 0. The molecule has 0 radical (unpaired) electrons. The molecular weight excluding hydrogens is 302 g/mol. The molecule has 0 saturated heterocycles. The fraction of sp³-hybridized carbons (Fsp3) is 0.292. The molecule has 4 rings (SSSR count). The van der Waals surface area contributed by atoms with Crippen molar-refractivity contribution in [1.82, 2.24) is 0 Å². The third kappa shape index (κ3) is 2.33. The van der Waals surface area contributed by atoms with E-state index in [1.165, 1.54) is 33.5 Å². The molecular formula is C24H26N+. The Morgan fingerprint density at radius 1 is 0.840 bits per heavy atom. The normalized spacial score (nSPS) is 16.6. The Labute approximate surface area is 155 Å². The quantitative estimate of drug-likeness (QED) is 0.525. The van der Waals surface area contributed by atoms with Crippen LogP contribution < -0.4 is 4.57 Å². The van der Waals surface area contributed by atoms with E-state index < -0.39 is 6.85 Å². The van der Waals surface area contributed by atoms with Gasteiger partial charge in [-0.2, -0.15) is 0 Å². The van der Waals surface area contributed by atoms with E-state index in [1.807, 2.05) is 12.1 Å². The number of aromatic nitrogens is 1. The Morgan fingerprint density at radius 3 is 2.28 bits per heavy atom. The first-order chi connectivity index (χ1) is 13.0. The summed E-state index contributed by atoms with van der Waals surface area (Å²) in [7, 11) is 2.08. The summed E-state index contributed by atoms with van der Waals surface area (Å²) in [5.41, 5.74) is 9.73. The van der Waals surface area contributed by atoms with Gasteiger partial charge in [-0.15, -0.1) is 0 Å². The Morgan fingerprint density at radius 2 is 1.56 bits per heavy atom. The van der Waals surface area contributed by atoms with Crippen LogP contribution in [0.1, 0.15) is 45.8 Å². The van der Waals surface area contributed by atoms with Crippen LogP contribution in [0.15, 0.2) is 48.7 Å². The molecule has 2 aromatic carbocycles. The van der Waals surface area contributed by atoms with E-state index in [4.69, 9.17) is 4.11 Å². The molecule has 1 aliphatic carbocycles. The highest BCUT2D eigenvalue weighted by Crippen LogP contribution is 2.50. The largest absolute Gasteiger partial charge is 0.212 e. The van der Waals surface area contributed by atoms with Crippen LogP contribution in [0, 0.1) is 20.7 Å². The first-order valence-corrected chi connectivity index (χ1v) is 8.77. The van der Waals surface area contributed by atoms with E-state index >= 15 is 0 Å². The Balaban J connectivity index is 1.95. The molecule has 1 heterocycles. The number of aryl methyl sites for hydroxylation is 4. The second-order valence-electron chi connectivity index (χ2n) is 7.80. The second kappa shape index (κ2) is 5.29. The minimum atomic E-state index is -2.09. The minimum Gasteiger partial charge on any atom is -0.201 e. The monoisotopic (exact) mass is 331 g/mol. The molecule has 1 heteroatoms. The summed E-state index contributed by atoms with van der Waals surface area (Å²) in [4.78, 5) is 0. The lowest BCUT2D eigenvalue weighted by Crippen LogP contribution is -2.31. The summed E-state index contributed by atoms with van der Waals surface area (Å²) < 4.78 is 25.5. The van der Waals surface area contributed by atoms with Gasteiger partial charge in [-0.3, -0.25) is 0 Å². The van der Waals surface area contributed by atoms with Gasteiger partial charge in [0.25, 0.3) is 0 Å². The first kappa shape index (κ1) is 12.9. The summed E-state index contributed by atoms with van der Waals surface area (Å²) in [6.45, 7) is 6.59. The highest BCUT2D eigenvalue weighted by molar-refractivity contribution is 5.84. The predicted molar refractivity (Wildman–Crippen MR) is 105 cm³/mol. The van der Waals surface area contributed by atoms with Gasteiger partial charge >= 0.3 is 0 Å². The zero-order chi connectivity index (χ0) is 20.4. The van der Waals surface area contributed by atoms with Crippen LogP contribution in [0.4, 0.5) is 0 Å². The molecule has 0 fully saturated rings. The Kier molecular flexibility index (Phi) is 2.73. The third-order valence-electron chi connectivity index (χ3n) is 5.58. The molecule has 0 aliphatic heterocycles. The lowest BCUT2D eigenvalue weighted by atomic mass is 9.81. The van der Waals surface area contributed by atoms with Gasteiger partial charge in [0.1, 0.15) is 7.05 Å². The van der Waals surface area contributed by atoms with Crippen LogP contribution in [0.25, 0.3) is 22.4 Å². The molecule has 126 valence electrons. The Bertz CT molecular complexity index is 1110. The lowest BCUT2D eigenvalue weighted by molar-refractivity contribution is -0.660. The number of hydrogen-bond donors (Lipinski definition) is 0. The second-order valence-corrected chi connectivity index (χ2v) is 7.80. The molecule has 1 nitrogen and oxygen atoms in total. The van der Waals surface area contributed by atoms with Crippen molar-refractivity contribution in [1.29, 1.82) is 0 Å². The van der Waals surface area contributed by atoms with Crippen molar-refractivity contribution >= 4 is 0 Å². The summed E-state index contributed by atoms with van der Waals surface area (Å²) in [6.07, 6.45) is 2.14. The fourth-order valence-electron chi connectivity index (χ4n) is 4.21. The molecule has 0 saturated carbocycles. The summed E-state index contributed by atoms with van der Waals surface area (Å²) >= 11 is 0. The smallest absolute Gasteiger partial charge is 0.201 e. The lowest BCUT2D eigenvalue weighted by Gasteiger charge is -2.22. The van der Waals surface area contributed by atoms with Gasteiger partial charge in [-0.1, -0.05) is 43.7 Å². The average molecular weight is 331 g/mol. The average Bonchev–Trinajstić information content (AvgIpc) is 2.81. The maximum atomic E-state index is 7.78. The van der Waals surface area contributed by atoms with E-state index in [0.29, 0.717) is 5.56 Å². The molecule has 1 aliphatic rings. The maximum Gasteiger partial charge on any atom is 0.212 e. The van der Waals surface area contributed by atoms with Crippen molar-refractivity contribution in [2.75, 3.05) is 0 Å². The SMILES string of the molecule is [2H]C([2H])([2H])c1ccc2c(c1)-c1cc(C)c(-c3ccc(C)c[n+]3C)cc1C2(C)C. The topological polar surface area (TPSA) is 3.88 Å². The molecule has 0 atom stereocenters. The van der Waals surface area contributed by atoms with Gasteiger partial charge in [0, 0.05) is 26.7 Å². The third-order valence-corrected chi connectivity index (χ3v) is 5.58. The summed E-state index contributed by atoms with van der Waals surface area (Å²) in [5.74, 6) is 0. The zero-order valence-corrected chi connectivity index (χ0v) is 15.6. The van der Waals surface area contributed by atoms with Crippen molar-refractivity contribution in [3.63, 3.8) is 0 Å². The van der Waals surface area contributed by atoms with Gasteiger partial charge in [0.2, 0.25) is 5.69 Å². The van der Waals surface area contributed by atoms with Crippen LogP contribution in [0.5, 0.6) is 0 Å². The van der Waals surface area contributed by atoms with Crippen molar-refractivity contribution < 1.29 is 8.68 Å². The molecule has 0 bridgehead atoms. The van der Waals surface area contributed by atoms with E-state index in [9.17, 15) is 0 Å². The van der Waals surface area contributed by atoms with E-state index in [0.717, 1.165) is 11.1 Å². The predicted octanol–water partition coefficient (Wildman–Crippen LogP) is 5.41. The number of nitrogens with zero attached hydrogens (tertiary/aromatic N) is 1. The van der Waals surface area contributed by atoms with Gasteiger partial charge in [-0.05, 0) is 60.6 Å². The molecule has 0 spiro atoms. The minimum absolute atomic E-state index is 0.163. The Hall–Kier alpha value is -2.41. The van der Waals surface area contributed by atoms with Crippen LogP contribution in [-0.2, 0) is 12.5 Å². The number of benzene rings is 2. The molecule has 25 heavy (non-hydrogen) atoms. The van der Waals surface area contributed by atoms with Crippen LogP contribution in [-0.4, -0.2) is 0 Å². The van der Waals surface area contributed by atoms with Gasteiger partial charge in [0.05, 0.1) is 0 Å². The molecule has 3 aromatic rings. The molecule has 0 unspecified atom stereocenters. The zero-order valence-electron chi connectivity index (χ0n) is 18.6. The highest BCUT2D eigenvalue weighted by Gasteiger charge is 2.36. The van der Waals surface area contributed by atoms with Crippen LogP contribution in [0.2, 0.25) is 0 Å². The van der Waals surface area contributed by atoms with Crippen LogP contribution >= 0.6 is 0 Å². The number of pyridine rings is 1. The van der Waals surface area contributed by atoms with Crippen LogP contribution in [0.3, 0.4) is 0 Å². The summed E-state index contributed by atoms with van der Waals surface area (Å²) in [6, 6.07) is 14.5. The number of fused-ring (bicyclic) bond motifs is 3. The standard InChI is InChI=1S/C24H26N/c1-15-7-9-21-19(11-15)20-12-17(3)18(13-22(20)24(21,4)5)23-10-8-16(2)14-25(23)6/h7-14H,1-6H3/q+1/i1D3. The number of rotatable bonds is 1. The molecule has 0 amide bonds. The summed E-state index contributed by atoms with van der Waals surface area (Å²) in [5, 5.41) is 0. The van der Waals surface area contributed by atoms with Crippen molar-refractivity contribution in [2.24, 2.45) is 7.05 Å². The van der Waals surface area contributed by atoms with E-state index in [-0.39, 0.29) is 5.41 Å². The fourth-order valence-corrected chi connectivity index (χ4v) is 4.21. The van der Waals surface area contributed by atoms with Crippen molar-refractivity contribution in [3.8, 4) is 22.4 Å². The van der Waals surface area contributed by atoms with E-state index in [1.54, 1.807) is 6.07 Å². The van der Waals surface area contributed by atoms with Gasteiger partial charge in [-0.25, -0.2) is 4.57 Å². The molecule has 0 N–H and O–H groups in total. The van der Waals surface area contributed by atoms with Gasteiger partial charge in [0.15, 0.2) is 6.20 Å². The van der Waals surface area contributed by atoms with Crippen molar-refractivity contribution in [3.05, 3.63) is 76.5 Å². The first-order valence-electron chi connectivity index (χ1n) is 10.3.